The number of likely N-dealkylation sites (tertiary alicyclic amines) is 1. The van der Waals surface area contributed by atoms with Crippen LogP contribution in [-0.2, 0) is 11.3 Å². The van der Waals surface area contributed by atoms with Gasteiger partial charge in [0.15, 0.2) is 0 Å². The molecule has 2 aliphatic rings. The van der Waals surface area contributed by atoms with Gasteiger partial charge in [-0.15, -0.1) is 0 Å². The molecule has 1 aromatic carbocycles. The van der Waals surface area contributed by atoms with E-state index in [-0.39, 0.29) is 0 Å². The van der Waals surface area contributed by atoms with Crippen LogP contribution in [-0.4, -0.2) is 63.9 Å². The van der Waals surface area contributed by atoms with E-state index in [2.05, 4.69) is 55.2 Å². The van der Waals surface area contributed by atoms with E-state index in [1.54, 1.807) is 6.33 Å². The molecule has 2 fully saturated rings. The first-order chi connectivity index (χ1) is 14.3. The number of hydrogen-bond acceptors (Lipinski definition) is 6. The van der Waals surface area contributed by atoms with Crippen molar-refractivity contribution < 1.29 is 4.74 Å². The molecule has 0 amide bonds. The second kappa shape index (κ2) is 8.08. The maximum absolute atomic E-state index is 5.46. The Morgan fingerprint density at radius 2 is 1.93 bits per heavy atom. The predicted octanol–water partition coefficient (Wildman–Crippen LogP) is 2.65. The standard InChI is InChI=1S/C22H28N6O/c1-17-13-21(28-22(25-17)23-16-24-28)19-3-2-8-26(15-19)14-18-4-6-20(7-5-18)27-9-11-29-12-10-27/h4-7,13,16,19H,2-3,8-12,14-15H2,1H3. The Kier molecular flexibility index (Phi) is 5.16. The molecule has 0 saturated carbocycles. The molecule has 1 atom stereocenters. The number of fused-ring (bicyclic) bond motifs is 1. The molecule has 2 aliphatic heterocycles. The van der Waals surface area contributed by atoms with E-state index in [0.29, 0.717) is 11.7 Å². The summed E-state index contributed by atoms with van der Waals surface area (Å²) < 4.78 is 7.37. The minimum atomic E-state index is 0.460. The Balaban J connectivity index is 1.28. The molecule has 1 unspecified atom stereocenters. The molecular weight excluding hydrogens is 364 g/mol. The number of morpholine rings is 1. The van der Waals surface area contributed by atoms with Crippen LogP contribution in [0.3, 0.4) is 0 Å². The summed E-state index contributed by atoms with van der Waals surface area (Å²) in [6.07, 6.45) is 3.99. The molecule has 0 N–H and O–H groups in total. The minimum Gasteiger partial charge on any atom is -0.378 e. The third-order valence-corrected chi connectivity index (χ3v) is 6.05. The highest BCUT2D eigenvalue weighted by atomic mass is 16.5. The Morgan fingerprint density at radius 1 is 1.10 bits per heavy atom. The first kappa shape index (κ1) is 18.5. The lowest BCUT2D eigenvalue weighted by atomic mass is 9.93. The molecule has 3 aromatic rings. The van der Waals surface area contributed by atoms with Crippen molar-refractivity contribution in [3.8, 4) is 0 Å². The summed E-state index contributed by atoms with van der Waals surface area (Å²) in [6.45, 7) is 8.83. The Bertz CT molecular complexity index is 963. The molecule has 0 radical (unpaired) electrons. The van der Waals surface area contributed by atoms with Crippen LogP contribution in [0.4, 0.5) is 5.69 Å². The number of piperidine rings is 1. The molecule has 0 bridgehead atoms. The number of hydrogen-bond donors (Lipinski definition) is 0. The number of anilines is 1. The van der Waals surface area contributed by atoms with E-state index < -0.39 is 0 Å². The van der Waals surface area contributed by atoms with Crippen molar-refractivity contribution in [2.75, 3.05) is 44.3 Å². The van der Waals surface area contributed by atoms with Gasteiger partial charge in [-0.25, -0.2) is 9.50 Å². The monoisotopic (exact) mass is 392 g/mol. The van der Waals surface area contributed by atoms with Crippen molar-refractivity contribution in [3.05, 3.63) is 53.6 Å². The maximum Gasteiger partial charge on any atom is 0.252 e. The summed E-state index contributed by atoms with van der Waals surface area (Å²) in [4.78, 5) is 13.7. The average molecular weight is 393 g/mol. The van der Waals surface area contributed by atoms with Gasteiger partial charge < -0.3 is 9.64 Å². The predicted molar refractivity (Wildman–Crippen MR) is 112 cm³/mol. The highest BCUT2D eigenvalue weighted by molar-refractivity contribution is 5.48. The van der Waals surface area contributed by atoms with Crippen molar-refractivity contribution in [1.82, 2.24) is 24.5 Å². The largest absolute Gasteiger partial charge is 0.378 e. The summed E-state index contributed by atoms with van der Waals surface area (Å²) in [7, 11) is 0. The van der Waals surface area contributed by atoms with Crippen LogP contribution in [0.5, 0.6) is 0 Å². The fourth-order valence-electron chi connectivity index (χ4n) is 4.58. The van der Waals surface area contributed by atoms with Crippen LogP contribution in [0.2, 0.25) is 0 Å². The lowest BCUT2D eigenvalue weighted by Crippen LogP contribution is -2.36. The topological polar surface area (TPSA) is 58.8 Å². The van der Waals surface area contributed by atoms with E-state index in [9.17, 15) is 0 Å². The lowest BCUT2D eigenvalue weighted by molar-refractivity contribution is 0.122. The fraction of sp³-hybridized carbons (Fsp3) is 0.500. The van der Waals surface area contributed by atoms with Gasteiger partial charge in [-0.1, -0.05) is 12.1 Å². The lowest BCUT2D eigenvalue weighted by Gasteiger charge is -2.33. The van der Waals surface area contributed by atoms with Crippen LogP contribution < -0.4 is 4.90 Å². The van der Waals surface area contributed by atoms with Crippen LogP contribution in [0.15, 0.2) is 36.7 Å². The average Bonchev–Trinajstić information content (AvgIpc) is 3.23. The zero-order valence-corrected chi connectivity index (χ0v) is 17.0. The van der Waals surface area contributed by atoms with Gasteiger partial charge in [0.05, 0.1) is 18.9 Å². The van der Waals surface area contributed by atoms with Crippen molar-refractivity contribution >= 4 is 11.5 Å². The fourth-order valence-corrected chi connectivity index (χ4v) is 4.58. The highest BCUT2D eigenvalue weighted by Crippen LogP contribution is 2.28. The van der Waals surface area contributed by atoms with Crippen LogP contribution in [0, 0.1) is 6.92 Å². The zero-order chi connectivity index (χ0) is 19.6. The van der Waals surface area contributed by atoms with Crippen molar-refractivity contribution in [3.63, 3.8) is 0 Å². The molecule has 7 nitrogen and oxygen atoms in total. The number of rotatable bonds is 4. The van der Waals surface area contributed by atoms with Crippen molar-refractivity contribution in [2.24, 2.45) is 0 Å². The number of aryl methyl sites for hydroxylation is 1. The number of benzene rings is 1. The first-order valence-corrected chi connectivity index (χ1v) is 10.6. The van der Waals surface area contributed by atoms with Crippen LogP contribution >= 0.6 is 0 Å². The van der Waals surface area contributed by atoms with Gasteiger partial charge in [0, 0.05) is 43.5 Å². The summed E-state index contributed by atoms with van der Waals surface area (Å²) in [5, 5.41) is 4.41. The summed E-state index contributed by atoms with van der Waals surface area (Å²) in [5.74, 6) is 1.16. The van der Waals surface area contributed by atoms with Gasteiger partial charge in [-0.2, -0.15) is 10.1 Å². The Hall–Kier alpha value is -2.51. The maximum atomic E-state index is 5.46. The molecule has 5 rings (SSSR count). The van der Waals surface area contributed by atoms with Gasteiger partial charge in [-0.05, 0) is 50.1 Å². The van der Waals surface area contributed by atoms with Crippen molar-refractivity contribution in [2.45, 2.75) is 32.2 Å². The summed E-state index contributed by atoms with van der Waals surface area (Å²) in [6, 6.07) is 11.2. The smallest absolute Gasteiger partial charge is 0.252 e. The normalized spacial score (nSPS) is 21.0. The van der Waals surface area contributed by atoms with E-state index in [1.807, 2.05) is 11.4 Å². The van der Waals surface area contributed by atoms with Crippen LogP contribution in [0.1, 0.15) is 35.7 Å². The summed E-state index contributed by atoms with van der Waals surface area (Å²) >= 11 is 0. The number of nitrogens with zero attached hydrogens (tertiary/aromatic N) is 6. The first-order valence-electron chi connectivity index (χ1n) is 10.6. The molecule has 0 aliphatic carbocycles. The number of aromatic nitrogens is 4. The Labute approximate surface area is 171 Å². The molecule has 29 heavy (non-hydrogen) atoms. The van der Waals surface area contributed by atoms with Gasteiger partial charge in [0.2, 0.25) is 0 Å². The Morgan fingerprint density at radius 3 is 2.76 bits per heavy atom. The van der Waals surface area contributed by atoms with E-state index in [4.69, 9.17) is 4.74 Å². The number of ether oxygens (including phenoxy) is 1. The molecule has 7 heteroatoms. The van der Waals surface area contributed by atoms with Gasteiger partial charge in [0.1, 0.15) is 6.33 Å². The molecule has 2 aromatic heterocycles. The molecule has 152 valence electrons. The third kappa shape index (κ3) is 3.97. The highest BCUT2D eigenvalue weighted by Gasteiger charge is 2.24. The quantitative estimate of drug-likeness (QED) is 0.680. The van der Waals surface area contributed by atoms with Gasteiger partial charge in [0.25, 0.3) is 5.78 Å². The minimum absolute atomic E-state index is 0.460. The van der Waals surface area contributed by atoms with E-state index >= 15 is 0 Å². The second-order valence-corrected chi connectivity index (χ2v) is 8.13. The molecule has 0 spiro atoms. The molecular formula is C22H28N6O. The second-order valence-electron chi connectivity index (χ2n) is 8.13. The zero-order valence-electron chi connectivity index (χ0n) is 17.0. The van der Waals surface area contributed by atoms with Crippen molar-refractivity contribution in [1.29, 1.82) is 0 Å². The third-order valence-electron chi connectivity index (χ3n) is 6.05. The van der Waals surface area contributed by atoms with Gasteiger partial charge >= 0.3 is 0 Å². The summed E-state index contributed by atoms with van der Waals surface area (Å²) in [5.41, 5.74) is 4.92. The van der Waals surface area contributed by atoms with Crippen LogP contribution in [0.25, 0.3) is 5.78 Å². The van der Waals surface area contributed by atoms with E-state index in [1.165, 1.54) is 29.8 Å². The van der Waals surface area contributed by atoms with Gasteiger partial charge in [-0.3, -0.25) is 4.90 Å². The molecule has 2 saturated heterocycles. The SMILES string of the molecule is Cc1cc(C2CCCN(Cc3ccc(N4CCOCC4)cc3)C2)n2ncnc2n1. The van der Waals surface area contributed by atoms with E-state index in [0.717, 1.165) is 51.6 Å². The molecule has 4 heterocycles.